The van der Waals surface area contributed by atoms with Crippen LogP contribution in [0.3, 0.4) is 0 Å². The van der Waals surface area contributed by atoms with Gasteiger partial charge in [-0.05, 0) is 37.3 Å². The topological polar surface area (TPSA) is 163 Å². The number of para-hydroxylation sites is 2. The normalized spacial score (nSPS) is 16.9. The molecule has 2 rings (SSSR count). The summed E-state index contributed by atoms with van der Waals surface area (Å²) in [7, 11) is 1.42. The van der Waals surface area contributed by atoms with Crippen molar-refractivity contribution in [1.29, 1.82) is 0 Å². The number of amides is 4. The van der Waals surface area contributed by atoms with Gasteiger partial charge in [0.05, 0.1) is 18.8 Å². The standard InChI is InChI=1S/C23H32N4O7/c1-13(2)10-17(27-23(33)22(32)25-15-6-4-5-7-19(15)34-3)21(31)26-16(18(29)12-28)11-14-8-9-24-20(14)30/h4-7,13-14,16-17,28H,8-12H2,1-3H3,(H,24,30)(H,25,32)(H,26,31)(H,27,33)/t14-,16-,17-/m0/s1. The molecule has 0 radical (unpaired) electrons. The predicted octanol–water partition coefficient (Wildman–Crippen LogP) is -0.263. The Morgan fingerprint density at radius 2 is 1.82 bits per heavy atom. The minimum absolute atomic E-state index is 0.0269. The van der Waals surface area contributed by atoms with Crippen LogP contribution >= 0.6 is 0 Å². The third kappa shape index (κ3) is 7.55. The molecule has 4 amide bonds. The molecule has 11 nitrogen and oxygen atoms in total. The highest BCUT2D eigenvalue weighted by Gasteiger charge is 2.33. The molecule has 0 aromatic heterocycles. The molecule has 1 heterocycles. The van der Waals surface area contributed by atoms with Crippen molar-refractivity contribution in [3.05, 3.63) is 24.3 Å². The maximum absolute atomic E-state index is 13.0. The minimum atomic E-state index is -1.11. The summed E-state index contributed by atoms with van der Waals surface area (Å²) in [6.45, 7) is 3.34. The molecule has 0 aliphatic carbocycles. The van der Waals surface area contributed by atoms with Crippen molar-refractivity contribution in [3.8, 4) is 5.75 Å². The van der Waals surface area contributed by atoms with Crippen molar-refractivity contribution in [2.75, 3.05) is 25.6 Å². The SMILES string of the molecule is COc1ccccc1NC(=O)C(=O)N[C@@H](CC(C)C)C(=O)N[C@@H](C[C@@H]1CCNC1=O)C(=O)CO. The highest BCUT2D eigenvalue weighted by atomic mass is 16.5. The summed E-state index contributed by atoms with van der Waals surface area (Å²) in [6, 6.07) is 4.34. The average Bonchev–Trinajstić information content (AvgIpc) is 3.21. The summed E-state index contributed by atoms with van der Waals surface area (Å²) < 4.78 is 5.15. The fraction of sp³-hybridized carbons (Fsp3) is 0.522. The van der Waals surface area contributed by atoms with Gasteiger partial charge in [-0.3, -0.25) is 24.0 Å². The first-order valence-corrected chi connectivity index (χ1v) is 11.1. The first kappa shape index (κ1) is 26.8. The molecule has 5 N–H and O–H groups in total. The van der Waals surface area contributed by atoms with E-state index in [0.717, 1.165) is 0 Å². The van der Waals surface area contributed by atoms with E-state index in [0.29, 0.717) is 24.4 Å². The van der Waals surface area contributed by atoms with E-state index in [9.17, 15) is 29.1 Å². The molecule has 0 bridgehead atoms. The van der Waals surface area contributed by atoms with Gasteiger partial charge in [0.25, 0.3) is 0 Å². The first-order valence-electron chi connectivity index (χ1n) is 11.1. The molecule has 1 aliphatic rings. The van der Waals surface area contributed by atoms with Gasteiger partial charge in [0.1, 0.15) is 18.4 Å². The molecule has 1 aromatic carbocycles. The van der Waals surface area contributed by atoms with Gasteiger partial charge in [-0.2, -0.15) is 0 Å². The highest BCUT2D eigenvalue weighted by Crippen LogP contribution is 2.23. The monoisotopic (exact) mass is 476 g/mol. The summed E-state index contributed by atoms with van der Waals surface area (Å²) in [5, 5.41) is 19.4. The van der Waals surface area contributed by atoms with Gasteiger partial charge in [0.15, 0.2) is 5.78 Å². The minimum Gasteiger partial charge on any atom is -0.495 e. The number of nitrogens with one attached hydrogen (secondary N) is 4. The van der Waals surface area contributed by atoms with Crippen LogP contribution in [-0.4, -0.2) is 66.9 Å². The molecular formula is C23H32N4O7. The Balaban J connectivity index is 2.09. The van der Waals surface area contributed by atoms with Crippen LogP contribution in [0.5, 0.6) is 5.75 Å². The van der Waals surface area contributed by atoms with Crippen molar-refractivity contribution < 1.29 is 33.8 Å². The number of ether oxygens (including phenoxy) is 1. The Kier molecular flexibility index (Phi) is 9.99. The Labute approximate surface area is 198 Å². The molecule has 34 heavy (non-hydrogen) atoms. The number of aliphatic hydroxyl groups is 1. The maximum Gasteiger partial charge on any atom is 0.313 e. The molecule has 186 valence electrons. The lowest BCUT2D eigenvalue weighted by atomic mass is 9.95. The number of carbonyl (C=O) groups is 5. The molecule has 11 heteroatoms. The summed E-state index contributed by atoms with van der Waals surface area (Å²) in [5.41, 5.74) is 0.290. The van der Waals surface area contributed by atoms with E-state index in [1.807, 2.05) is 13.8 Å². The van der Waals surface area contributed by atoms with Crippen LogP contribution in [-0.2, 0) is 24.0 Å². The first-order chi connectivity index (χ1) is 16.2. The van der Waals surface area contributed by atoms with Gasteiger partial charge in [0.2, 0.25) is 11.8 Å². The van der Waals surface area contributed by atoms with E-state index in [1.54, 1.807) is 24.3 Å². The number of hydrogen-bond donors (Lipinski definition) is 5. The highest BCUT2D eigenvalue weighted by molar-refractivity contribution is 6.40. The van der Waals surface area contributed by atoms with E-state index >= 15 is 0 Å². The Morgan fingerprint density at radius 1 is 1.12 bits per heavy atom. The van der Waals surface area contributed by atoms with Gasteiger partial charge in [-0.25, -0.2) is 0 Å². The van der Waals surface area contributed by atoms with Gasteiger partial charge in [-0.15, -0.1) is 0 Å². The van der Waals surface area contributed by atoms with E-state index < -0.39 is 48.1 Å². The lowest BCUT2D eigenvalue weighted by Gasteiger charge is -2.24. The zero-order valence-corrected chi connectivity index (χ0v) is 19.6. The second-order valence-corrected chi connectivity index (χ2v) is 8.51. The number of Topliss-reactive ketones (excluding diaryl/α,β-unsaturated/α-hetero) is 1. The second kappa shape index (κ2) is 12.7. The number of rotatable bonds is 11. The fourth-order valence-electron chi connectivity index (χ4n) is 3.66. The number of hydrogen-bond acceptors (Lipinski definition) is 7. The van der Waals surface area contributed by atoms with Crippen LogP contribution < -0.4 is 26.0 Å². The van der Waals surface area contributed by atoms with Crippen LogP contribution in [0, 0.1) is 11.8 Å². The van der Waals surface area contributed by atoms with Crippen LogP contribution in [0.15, 0.2) is 24.3 Å². The largest absolute Gasteiger partial charge is 0.495 e. The zero-order valence-electron chi connectivity index (χ0n) is 19.6. The third-order valence-electron chi connectivity index (χ3n) is 5.43. The van der Waals surface area contributed by atoms with Crippen molar-refractivity contribution in [2.45, 2.75) is 45.2 Å². The molecule has 1 aromatic rings. The summed E-state index contributed by atoms with van der Waals surface area (Å²) >= 11 is 0. The van der Waals surface area contributed by atoms with Crippen molar-refractivity contribution in [1.82, 2.24) is 16.0 Å². The predicted molar refractivity (Wildman–Crippen MR) is 123 cm³/mol. The van der Waals surface area contributed by atoms with Gasteiger partial charge in [0, 0.05) is 12.5 Å². The van der Waals surface area contributed by atoms with Crippen LogP contribution in [0.4, 0.5) is 5.69 Å². The smallest absolute Gasteiger partial charge is 0.313 e. The van der Waals surface area contributed by atoms with Crippen molar-refractivity contribution >= 4 is 35.1 Å². The third-order valence-corrected chi connectivity index (χ3v) is 5.43. The second-order valence-electron chi connectivity index (χ2n) is 8.51. The quantitative estimate of drug-likeness (QED) is 0.275. The molecule has 1 aliphatic heterocycles. The zero-order chi connectivity index (χ0) is 25.3. The van der Waals surface area contributed by atoms with E-state index in [-0.39, 0.29) is 24.7 Å². The lowest BCUT2D eigenvalue weighted by Crippen LogP contribution is -2.54. The molecule has 1 saturated heterocycles. The van der Waals surface area contributed by atoms with Crippen LogP contribution in [0.1, 0.15) is 33.1 Å². The van der Waals surface area contributed by atoms with Crippen molar-refractivity contribution in [3.63, 3.8) is 0 Å². The molecular weight excluding hydrogens is 444 g/mol. The Morgan fingerprint density at radius 3 is 2.41 bits per heavy atom. The summed E-state index contributed by atoms with van der Waals surface area (Å²) in [4.78, 5) is 62.0. The number of anilines is 1. The molecule has 1 fully saturated rings. The van der Waals surface area contributed by atoms with E-state index in [1.165, 1.54) is 7.11 Å². The lowest BCUT2D eigenvalue weighted by molar-refractivity contribution is -0.138. The molecule has 0 spiro atoms. The van der Waals surface area contributed by atoms with Gasteiger partial charge < -0.3 is 31.1 Å². The molecule has 0 saturated carbocycles. The number of methoxy groups -OCH3 is 1. The number of aliphatic hydroxyl groups excluding tert-OH is 1. The number of ketones is 1. The summed E-state index contributed by atoms with van der Waals surface area (Å²) in [6.07, 6.45) is 0.746. The fourth-order valence-corrected chi connectivity index (χ4v) is 3.66. The van der Waals surface area contributed by atoms with Crippen LogP contribution in [0.2, 0.25) is 0 Å². The summed E-state index contributed by atoms with van der Waals surface area (Å²) in [5.74, 6) is -3.70. The van der Waals surface area contributed by atoms with Crippen molar-refractivity contribution in [2.24, 2.45) is 11.8 Å². The molecule has 3 atom stereocenters. The average molecular weight is 477 g/mol. The number of carbonyl (C=O) groups excluding carboxylic acids is 5. The number of benzene rings is 1. The maximum atomic E-state index is 13.0. The van der Waals surface area contributed by atoms with E-state index in [4.69, 9.17) is 4.74 Å². The Bertz CT molecular complexity index is 918. The van der Waals surface area contributed by atoms with Crippen LogP contribution in [0.25, 0.3) is 0 Å². The molecule has 0 unspecified atom stereocenters. The van der Waals surface area contributed by atoms with Gasteiger partial charge >= 0.3 is 11.8 Å². The van der Waals surface area contributed by atoms with E-state index in [2.05, 4.69) is 21.3 Å². The van der Waals surface area contributed by atoms with Gasteiger partial charge in [-0.1, -0.05) is 26.0 Å². The Hall–Kier alpha value is -3.47.